The van der Waals surface area contributed by atoms with Gasteiger partial charge in [0.15, 0.2) is 0 Å². The summed E-state index contributed by atoms with van der Waals surface area (Å²) in [5.41, 5.74) is 4.94. The lowest BCUT2D eigenvalue weighted by Gasteiger charge is -2.41. The van der Waals surface area contributed by atoms with E-state index in [4.69, 9.17) is 10.5 Å². The number of hydrogen-bond acceptors (Lipinski definition) is 3. The highest BCUT2D eigenvalue weighted by Crippen LogP contribution is 2.34. The van der Waals surface area contributed by atoms with Gasteiger partial charge in [0.05, 0.1) is 11.0 Å². The van der Waals surface area contributed by atoms with Crippen molar-refractivity contribution in [2.75, 3.05) is 20.2 Å². The van der Waals surface area contributed by atoms with Crippen LogP contribution in [0.3, 0.4) is 0 Å². The van der Waals surface area contributed by atoms with Gasteiger partial charge in [-0.05, 0) is 33.1 Å². The molecular weight excluding hydrogens is 192 g/mol. The maximum atomic E-state index is 11.8. The molecule has 0 atom stereocenters. The Hall–Kier alpha value is -0.610. The van der Waals surface area contributed by atoms with Crippen LogP contribution < -0.4 is 11.1 Å². The van der Waals surface area contributed by atoms with E-state index in [1.165, 1.54) is 6.42 Å². The first-order valence-electron chi connectivity index (χ1n) is 5.49. The van der Waals surface area contributed by atoms with Crippen molar-refractivity contribution < 1.29 is 9.53 Å². The molecule has 0 aromatic heterocycles. The van der Waals surface area contributed by atoms with Gasteiger partial charge < -0.3 is 15.8 Å². The Kier molecular flexibility index (Phi) is 3.73. The predicted molar refractivity (Wildman–Crippen MR) is 59.4 cm³/mol. The largest absolute Gasteiger partial charge is 0.376 e. The highest BCUT2D eigenvalue weighted by Gasteiger charge is 2.38. The van der Waals surface area contributed by atoms with E-state index in [1.54, 1.807) is 7.11 Å². The summed E-state index contributed by atoms with van der Waals surface area (Å²) in [5, 5.41) is 2.92. The molecule has 0 radical (unpaired) electrons. The van der Waals surface area contributed by atoms with Crippen LogP contribution in [-0.2, 0) is 9.53 Å². The topological polar surface area (TPSA) is 64.3 Å². The maximum Gasteiger partial charge on any atom is 0.227 e. The number of amides is 1. The number of carbonyl (C=O) groups is 1. The van der Waals surface area contributed by atoms with E-state index >= 15 is 0 Å². The Morgan fingerprint density at radius 2 is 2.13 bits per heavy atom. The zero-order valence-electron chi connectivity index (χ0n) is 9.93. The van der Waals surface area contributed by atoms with Crippen LogP contribution in [0.2, 0.25) is 0 Å². The third-order valence-corrected chi connectivity index (χ3v) is 3.39. The molecule has 0 aromatic carbocycles. The van der Waals surface area contributed by atoms with Gasteiger partial charge in [-0.15, -0.1) is 0 Å². The fraction of sp³-hybridized carbons (Fsp3) is 0.909. The lowest BCUT2D eigenvalue weighted by Crippen LogP contribution is -2.52. The molecule has 0 spiro atoms. The first-order valence-corrected chi connectivity index (χ1v) is 5.49. The molecule has 1 rings (SSSR count). The van der Waals surface area contributed by atoms with Crippen LogP contribution in [-0.4, -0.2) is 31.7 Å². The van der Waals surface area contributed by atoms with Gasteiger partial charge in [-0.1, -0.05) is 0 Å². The predicted octanol–water partition coefficient (Wildman–Crippen LogP) is 0.657. The minimum absolute atomic E-state index is 0.00771. The quantitative estimate of drug-likeness (QED) is 0.706. The molecule has 0 aliphatic heterocycles. The Balaban J connectivity index is 2.40. The lowest BCUT2D eigenvalue weighted by molar-refractivity contribution is -0.132. The molecule has 1 saturated carbocycles. The van der Waals surface area contributed by atoms with Crippen LogP contribution in [0.25, 0.3) is 0 Å². The highest BCUT2D eigenvalue weighted by molar-refractivity contribution is 5.82. The number of ether oxygens (including phenoxy) is 1. The van der Waals surface area contributed by atoms with E-state index in [9.17, 15) is 4.79 Å². The average Bonchev–Trinajstić information content (AvgIpc) is 2.16. The summed E-state index contributed by atoms with van der Waals surface area (Å²) >= 11 is 0. The van der Waals surface area contributed by atoms with Crippen molar-refractivity contribution in [2.45, 2.75) is 38.7 Å². The monoisotopic (exact) mass is 214 g/mol. The molecule has 0 aromatic rings. The van der Waals surface area contributed by atoms with Crippen LogP contribution in [0.1, 0.15) is 33.1 Å². The molecule has 88 valence electrons. The normalized spacial score (nSPS) is 19.5. The van der Waals surface area contributed by atoms with Crippen LogP contribution in [0.5, 0.6) is 0 Å². The van der Waals surface area contributed by atoms with Gasteiger partial charge in [-0.3, -0.25) is 4.79 Å². The number of rotatable bonds is 5. The van der Waals surface area contributed by atoms with Gasteiger partial charge in [0.2, 0.25) is 5.91 Å². The van der Waals surface area contributed by atoms with Crippen molar-refractivity contribution >= 4 is 5.91 Å². The summed E-state index contributed by atoms with van der Waals surface area (Å²) in [6.07, 6.45) is 3.25. The molecule has 0 saturated heterocycles. The van der Waals surface area contributed by atoms with E-state index in [0.717, 1.165) is 12.8 Å². The molecule has 0 bridgehead atoms. The summed E-state index contributed by atoms with van der Waals surface area (Å²) in [4.78, 5) is 11.8. The molecule has 15 heavy (non-hydrogen) atoms. The summed E-state index contributed by atoms with van der Waals surface area (Å²) in [6.45, 7) is 4.66. The zero-order chi connectivity index (χ0) is 11.5. The molecule has 1 amide bonds. The summed E-state index contributed by atoms with van der Waals surface area (Å²) in [5.74, 6) is 0.00771. The highest BCUT2D eigenvalue weighted by atomic mass is 16.5. The Bertz CT molecular complexity index is 229. The fourth-order valence-corrected chi connectivity index (χ4v) is 1.60. The van der Waals surface area contributed by atoms with Gasteiger partial charge in [0.1, 0.15) is 0 Å². The van der Waals surface area contributed by atoms with Crippen molar-refractivity contribution in [2.24, 2.45) is 11.1 Å². The first kappa shape index (κ1) is 12.5. The van der Waals surface area contributed by atoms with Crippen molar-refractivity contribution in [1.29, 1.82) is 0 Å². The summed E-state index contributed by atoms with van der Waals surface area (Å²) < 4.78 is 5.42. The van der Waals surface area contributed by atoms with Gasteiger partial charge in [0.25, 0.3) is 0 Å². The van der Waals surface area contributed by atoms with E-state index < -0.39 is 5.41 Å². The molecule has 3 N–H and O–H groups in total. The van der Waals surface area contributed by atoms with Crippen molar-refractivity contribution in [3.05, 3.63) is 0 Å². The second-order valence-electron chi connectivity index (χ2n) is 5.01. The Morgan fingerprint density at radius 3 is 2.47 bits per heavy atom. The third kappa shape index (κ3) is 2.69. The van der Waals surface area contributed by atoms with Crippen LogP contribution >= 0.6 is 0 Å². The standard InChI is InChI=1S/C11H22N2O2/c1-10(2,7-12)9(14)13-8-11(15-3)5-4-6-11/h4-8,12H2,1-3H3,(H,13,14). The SMILES string of the molecule is COC1(CNC(=O)C(C)(C)CN)CCC1. The molecule has 1 fully saturated rings. The number of nitrogens with two attached hydrogens (primary N) is 1. The van der Waals surface area contributed by atoms with Crippen molar-refractivity contribution in [1.82, 2.24) is 5.32 Å². The Labute approximate surface area is 91.5 Å². The Morgan fingerprint density at radius 1 is 1.53 bits per heavy atom. The van der Waals surface area contributed by atoms with E-state index in [-0.39, 0.29) is 11.5 Å². The zero-order valence-corrected chi connectivity index (χ0v) is 9.93. The van der Waals surface area contributed by atoms with Gasteiger partial charge in [0, 0.05) is 20.2 Å². The molecular formula is C11H22N2O2. The molecule has 0 unspecified atom stereocenters. The molecule has 1 aliphatic carbocycles. The fourth-order valence-electron chi connectivity index (χ4n) is 1.60. The number of nitrogens with one attached hydrogen (secondary N) is 1. The summed E-state index contributed by atoms with van der Waals surface area (Å²) in [6, 6.07) is 0. The summed E-state index contributed by atoms with van der Waals surface area (Å²) in [7, 11) is 1.71. The minimum atomic E-state index is -0.487. The van der Waals surface area contributed by atoms with E-state index in [1.807, 2.05) is 13.8 Å². The van der Waals surface area contributed by atoms with Gasteiger partial charge in [-0.2, -0.15) is 0 Å². The maximum absolute atomic E-state index is 11.8. The van der Waals surface area contributed by atoms with Crippen molar-refractivity contribution in [3.63, 3.8) is 0 Å². The number of hydrogen-bond donors (Lipinski definition) is 2. The average molecular weight is 214 g/mol. The second-order valence-corrected chi connectivity index (χ2v) is 5.01. The third-order valence-electron chi connectivity index (χ3n) is 3.39. The number of methoxy groups -OCH3 is 1. The van der Waals surface area contributed by atoms with Crippen LogP contribution in [0, 0.1) is 5.41 Å². The first-order chi connectivity index (χ1) is 6.96. The molecule has 0 heterocycles. The molecule has 4 heteroatoms. The van der Waals surface area contributed by atoms with Crippen molar-refractivity contribution in [3.8, 4) is 0 Å². The van der Waals surface area contributed by atoms with Crippen LogP contribution in [0.15, 0.2) is 0 Å². The van der Waals surface area contributed by atoms with Gasteiger partial charge in [-0.25, -0.2) is 0 Å². The van der Waals surface area contributed by atoms with E-state index in [2.05, 4.69) is 5.32 Å². The van der Waals surface area contributed by atoms with E-state index in [0.29, 0.717) is 13.1 Å². The molecule has 4 nitrogen and oxygen atoms in total. The van der Waals surface area contributed by atoms with Gasteiger partial charge >= 0.3 is 0 Å². The van der Waals surface area contributed by atoms with Crippen LogP contribution in [0.4, 0.5) is 0 Å². The minimum Gasteiger partial charge on any atom is -0.376 e. The smallest absolute Gasteiger partial charge is 0.227 e. The molecule has 1 aliphatic rings. The number of carbonyl (C=O) groups excluding carboxylic acids is 1. The lowest BCUT2D eigenvalue weighted by atomic mass is 9.79. The second kappa shape index (κ2) is 4.49.